The van der Waals surface area contributed by atoms with Crippen LogP contribution in [0.15, 0.2) is 45.7 Å². The summed E-state index contributed by atoms with van der Waals surface area (Å²) in [5.41, 5.74) is 2.78. The summed E-state index contributed by atoms with van der Waals surface area (Å²) in [6.07, 6.45) is 0. The van der Waals surface area contributed by atoms with Gasteiger partial charge < -0.3 is 9.26 Å². The van der Waals surface area contributed by atoms with E-state index in [2.05, 4.69) is 15.6 Å². The fourth-order valence-corrected chi connectivity index (χ4v) is 3.92. The van der Waals surface area contributed by atoms with Gasteiger partial charge in [0.05, 0.1) is 24.1 Å². The lowest BCUT2D eigenvalue weighted by atomic mass is 10.1. The molecule has 0 spiro atoms. The summed E-state index contributed by atoms with van der Waals surface area (Å²) in [6.45, 7) is 1.62. The normalized spacial score (nSPS) is 13.8. The number of hydrogen-bond donors (Lipinski definition) is 1. The van der Waals surface area contributed by atoms with E-state index >= 15 is 0 Å². The molecule has 0 saturated heterocycles. The number of methoxy groups -OCH3 is 1. The number of aromatic nitrogens is 3. The van der Waals surface area contributed by atoms with Gasteiger partial charge >= 0.3 is 0 Å². The Labute approximate surface area is 164 Å². The van der Waals surface area contributed by atoms with Crippen LogP contribution in [0.5, 0.6) is 5.75 Å². The van der Waals surface area contributed by atoms with Crippen LogP contribution in [0.25, 0.3) is 11.3 Å². The molecule has 1 atom stereocenters. The molecule has 1 aliphatic heterocycles. The fourth-order valence-electron chi connectivity index (χ4n) is 2.90. The van der Waals surface area contributed by atoms with Crippen LogP contribution in [0.4, 0.5) is 5.88 Å². The van der Waals surface area contributed by atoms with E-state index in [-0.39, 0.29) is 5.56 Å². The predicted molar refractivity (Wildman–Crippen MR) is 105 cm³/mol. The molecule has 9 heteroatoms. The first kappa shape index (κ1) is 18.3. The van der Waals surface area contributed by atoms with Gasteiger partial charge in [0.2, 0.25) is 5.88 Å². The number of ether oxygens (including phenoxy) is 1. The minimum atomic E-state index is -0.819. The molecule has 0 aliphatic carbocycles. The molecule has 3 aromatic rings. The number of fused-ring (bicyclic) bond motifs is 1. The second-order valence-corrected chi connectivity index (χ2v) is 7.31. The highest BCUT2D eigenvalue weighted by Crippen LogP contribution is 2.34. The van der Waals surface area contributed by atoms with Crippen LogP contribution in [-0.4, -0.2) is 28.0 Å². The van der Waals surface area contributed by atoms with Gasteiger partial charge in [0.15, 0.2) is 0 Å². The minimum absolute atomic E-state index is 0.344. The van der Waals surface area contributed by atoms with Gasteiger partial charge in [-0.15, -0.1) is 0 Å². The Morgan fingerprint density at radius 1 is 1.25 bits per heavy atom. The Morgan fingerprint density at radius 2 is 2.04 bits per heavy atom. The van der Waals surface area contributed by atoms with Crippen molar-refractivity contribution in [3.63, 3.8) is 0 Å². The van der Waals surface area contributed by atoms with Crippen molar-refractivity contribution in [3.8, 4) is 17.0 Å². The number of benzene rings is 1. The van der Waals surface area contributed by atoms with Crippen LogP contribution < -0.4 is 15.6 Å². The Hall–Kier alpha value is -3.07. The van der Waals surface area contributed by atoms with Crippen molar-refractivity contribution >= 4 is 23.6 Å². The van der Waals surface area contributed by atoms with Crippen molar-refractivity contribution in [2.45, 2.75) is 24.5 Å². The molecule has 144 valence electrons. The molecule has 3 heterocycles. The van der Waals surface area contributed by atoms with Crippen LogP contribution in [0.1, 0.15) is 24.2 Å². The van der Waals surface area contributed by atoms with E-state index in [1.807, 2.05) is 24.3 Å². The van der Waals surface area contributed by atoms with Crippen LogP contribution in [0.2, 0.25) is 0 Å². The molecular formula is C19H18N4O4S. The molecule has 0 saturated carbocycles. The average Bonchev–Trinajstić information content (AvgIpc) is 3.33. The lowest BCUT2D eigenvalue weighted by Gasteiger charge is -2.14. The highest BCUT2D eigenvalue weighted by molar-refractivity contribution is 7.98. The van der Waals surface area contributed by atoms with E-state index in [9.17, 15) is 9.59 Å². The maximum absolute atomic E-state index is 12.7. The zero-order valence-electron chi connectivity index (χ0n) is 15.3. The third kappa shape index (κ3) is 3.40. The van der Waals surface area contributed by atoms with Crippen LogP contribution >= 0.6 is 11.8 Å². The van der Waals surface area contributed by atoms with Crippen molar-refractivity contribution in [2.24, 2.45) is 0 Å². The first-order valence-electron chi connectivity index (χ1n) is 8.67. The number of carbonyl (C=O) groups is 1. The monoisotopic (exact) mass is 398 g/mol. The lowest BCUT2D eigenvalue weighted by Crippen LogP contribution is -2.33. The molecule has 1 amide bonds. The van der Waals surface area contributed by atoms with E-state index in [1.165, 1.54) is 10.7 Å². The molecule has 0 radical (unpaired) electrons. The first-order chi connectivity index (χ1) is 13.6. The third-order valence-corrected chi connectivity index (χ3v) is 5.52. The maximum atomic E-state index is 12.7. The Kier molecular flexibility index (Phi) is 4.91. The highest BCUT2D eigenvalue weighted by atomic mass is 32.2. The molecule has 4 rings (SSSR count). The average molecular weight is 398 g/mol. The second-order valence-electron chi connectivity index (χ2n) is 6.32. The molecule has 1 aromatic carbocycles. The topological polar surface area (TPSA) is 99.2 Å². The number of nitrogens with one attached hydrogen (secondary N) is 1. The number of hydrogen-bond acceptors (Lipinski definition) is 7. The Bertz CT molecular complexity index is 1070. The summed E-state index contributed by atoms with van der Waals surface area (Å²) in [5, 5.41) is 11.1. The van der Waals surface area contributed by atoms with E-state index in [1.54, 1.807) is 31.9 Å². The Morgan fingerprint density at radius 3 is 2.79 bits per heavy atom. The maximum Gasteiger partial charge on any atom is 0.267 e. The summed E-state index contributed by atoms with van der Waals surface area (Å²) < 4.78 is 11.5. The molecule has 28 heavy (non-hydrogen) atoms. The molecule has 0 bridgehead atoms. The number of nitrogens with zero attached hydrogens (tertiary/aromatic N) is 3. The standard InChI is InChI=1S/C19H18N4O4S/c1-11(18(25)20-19-14-9-28-10-16(14)22-27-19)23-17(24)8-7-15(21-23)12-3-5-13(26-2)6-4-12/h3-8,11H,9-10H2,1-2H3,(H,20,25). The quantitative estimate of drug-likeness (QED) is 0.705. The van der Waals surface area contributed by atoms with Crippen molar-refractivity contribution in [1.29, 1.82) is 0 Å². The number of amides is 1. The van der Waals surface area contributed by atoms with Gasteiger partial charge in [-0.3, -0.25) is 14.9 Å². The van der Waals surface area contributed by atoms with Crippen molar-refractivity contribution in [3.05, 3.63) is 58.0 Å². The molecule has 0 fully saturated rings. The molecule has 8 nitrogen and oxygen atoms in total. The Balaban J connectivity index is 1.58. The van der Waals surface area contributed by atoms with E-state index < -0.39 is 11.9 Å². The molecule has 1 unspecified atom stereocenters. The van der Waals surface area contributed by atoms with Crippen molar-refractivity contribution in [2.75, 3.05) is 12.4 Å². The largest absolute Gasteiger partial charge is 0.497 e. The van der Waals surface area contributed by atoms with Crippen LogP contribution in [0.3, 0.4) is 0 Å². The zero-order chi connectivity index (χ0) is 19.7. The SMILES string of the molecule is COc1ccc(-c2ccc(=O)n(C(C)C(=O)Nc3onc4c3CSC4)n2)cc1. The number of rotatable bonds is 5. The van der Waals surface area contributed by atoms with E-state index in [0.29, 0.717) is 11.6 Å². The summed E-state index contributed by atoms with van der Waals surface area (Å²) in [5.74, 6) is 2.19. The zero-order valence-corrected chi connectivity index (χ0v) is 16.2. The van der Waals surface area contributed by atoms with Gasteiger partial charge in [0.25, 0.3) is 11.5 Å². The van der Waals surface area contributed by atoms with Gasteiger partial charge in [-0.1, -0.05) is 5.16 Å². The molecule has 2 aromatic heterocycles. The predicted octanol–water partition coefficient (Wildman–Crippen LogP) is 2.85. The van der Waals surface area contributed by atoms with Gasteiger partial charge in [0.1, 0.15) is 11.8 Å². The summed E-state index contributed by atoms with van der Waals surface area (Å²) >= 11 is 1.71. The molecule has 1 N–H and O–H groups in total. The van der Waals surface area contributed by atoms with Gasteiger partial charge in [-0.25, -0.2) is 4.68 Å². The number of thioether (sulfide) groups is 1. The molecule has 1 aliphatic rings. The van der Waals surface area contributed by atoms with Crippen molar-refractivity contribution < 1.29 is 14.1 Å². The smallest absolute Gasteiger partial charge is 0.267 e. The summed E-state index contributed by atoms with van der Waals surface area (Å²) in [4.78, 5) is 25.0. The number of anilines is 1. The van der Waals surface area contributed by atoms with Crippen molar-refractivity contribution in [1.82, 2.24) is 14.9 Å². The highest BCUT2D eigenvalue weighted by Gasteiger charge is 2.25. The van der Waals surface area contributed by atoms with Gasteiger partial charge in [-0.2, -0.15) is 16.9 Å². The number of carbonyl (C=O) groups excluding carboxylic acids is 1. The second kappa shape index (κ2) is 7.51. The summed E-state index contributed by atoms with van der Waals surface area (Å²) in [6, 6.07) is 9.52. The van der Waals surface area contributed by atoms with Gasteiger partial charge in [0, 0.05) is 23.1 Å². The summed E-state index contributed by atoms with van der Waals surface area (Å²) in [7, 11) is 1.59. The van der Waals surface area contributed by atoms with Gasteiger partial charge in [-0.05, 0) is 37.3 Å². The van der Waals surface area contributed by atoms with Crippen LogP contribution in [0, 0.1) is 0 Å². The minimum Gasteiger partial charge on any atom is -0.497 e. The van der Waals surface area contributed by atoms with Crippen LogP contribution in [-0.2, 0) is 16.3 Å². The molecular weight excluding hydrogens is 380 g/mol. The lowest BCUT2D eigenvalue weighted by molar-refractivity contribution is -0.119. The van der Waals surface area contributed by atoms with E-state index in [4.69, 9.17) is 9.26 Å². The fraction of sp³-hybridized carbons (Fsp3) is 0.263. The first-order valence-corrected chi connectivity index (χ1v) is 9.82. The third-order valence-electron chi connectivity index (χ3n) is 4.55. The van der Waals surface area contributed by atoms with E-state index in [0.717, 1.165) is 34.1 Å².